The zero-order valence-electron chi connectivity index (χ0n) is 16.7. The fraction of sp³-hybridized carbons (Fsp3) is 0.667. The van der Waals surface area contributed by atoms with Crippen molar-refractivity contribution in [1.29, 1.82) is 0 Å². The van der Waals surface area contributed by atoms with Crippen LogP contribution in [-0.4, -0.2) is 54.4 Å². The van der Waals surface area contributed by atoms with Gasteiger partial charge in [-0.05, 0) is 57.7 Å². The summed E-state index contributed by atoms with van der Waals surface area (Å²) in [5, 5.41) is 7.13. The van der Waals surface area contributed by atoms with E-state index in [2.05, 4.69) is 59.7 Å². The first-order valence-corrected chi connectivity index (χ1v) is 11.1. The van der Waals surface area contributed by atoms with Crippen LogP contribution in [0.4, 0.5) is 0 Å². The molecule has 1 saturated carbocycles. The normalized spacial score (nSPS) is 20.0. The van der Waals surface area contributed by atoms with E-state index in [0.717, 1.165) is 19.0 Å². The summed E-state index contributed by atoms with van der Waals surface area (Å²) in [6.45, 7) is 9.88. The van der Waals surface area contributed by atoms with Crippen molar-refractivity contribution in [2.45, 2.75) is 61.6 Å². The topological polar surface area (TPSA) is 39.7 Å². The van der Waals surface area contributed by atoms with Gasteiger partial charge in [-0.25, -0.2) is 0 Å². The van der Waals surface area contributed by atoms with Crippen molar-refractivity contribution in [2.75, 3.05) is 32.7 Å². The predicted molar refractivity (Wildman–Crippen MR) is 129 cm³/mol. The lowest BCUT2D eigenvalue weighted by Gasteiger charge is -2.33. The number of hydrogen-bond acceptors (Lipinski definition) is 3. The lowest BCUT2D eigenvalue weighted by Crippen LogP contribution is -2.49. The molecule has 1 saturated heterocycles. The second kappa shape index (κ2) is 11.5. The molecule has 1 heterocycles. The Labute approximate surface area is 186 Å². The number of benzene rings is 1. The van der Waals surface area contributed by atoms with Gasteiger partial charge < -0.3 is 15.5 Å². The fourth-order valence-electron chi connectivity index (χ4n) is 3.52. The molecule has 27 heavy (non-hydrogen) atoms. The Balaban J connectivity index is 0.00000261. The third-order valence-electron chi connectivity index (χ3n) is 5.22. The van der Waals surface area contributed by atoms with Crippen LogP contribution in [0.2, 0.25) is 0 Å². The summed E-state index contributed by atoms with van der Waals surface area (Å²) in [7, 11) is 0. The highest BCUT2D eigenvalue weighted by Crippen LogP contribution is 2.51. The van der Waals surface area contributed by atoms with Gasteiger partial charge in [0.2, 0.25) is 0 Å². The van der Waals surface area contributed by atoms with E-state index >= 15 is 0 Å². The van der Waals surface area contributed by atoms with Gasteiger partial charge in [-0.15, -0.1) is 35.7 Å². The molecule has 6 heteroatoms. The summed E-state index contributed by atoms with van der Waals surface area (Å²) in [4.78, 5) is 8.90. The van der Waals surface area contributed by atoms with Crippen LogP contribution in [0, 0.1) is 0 Å². The van der Waals surface area contributed by atoms with Gasteiger partial charge in [0, 0.05) is 35.3 Å². The SMILES string of the molecule is CCCN1CCC(NC(=NCC2(Sc3ccccc3)CC2)NCC)CC1.I. The van der Waals surface area contributed by atoms with E-state index in [4.69, 9.17) is 4.99 Å². The second-order valence-electron chi connectivity index (χ2n) is 7.55. The van der Waals surface area contributed by atoms with Gasteiger partial charge in [-0.3, -0.25) is 4.99 Å². The lowest BCUT2D eigenvalue weighted by atomic mass is 10.1. The average Bonchev–Trinajstić information content (AvgIpc) is 3.42. The van der Waals surface area contributed by atoms with Crippen molar-refractivity contribution < 1.29 is 0 Å². The number of likely N-dealkylation sites (tertiary alicyclic amines) is 1. The minimum atomic E-state index is 0. The number of guanidine groups is 1. The molecule has 0 spiro atoms. The number of aliphatic imine (C=N–C) groups is 1. The monoisotopic (exact) mass is 502 g/mol. The first-order chi connectivity index (χ1) is 12.7. The van der Waals surface area contributed by atoms with Gasteiger partial charge >= 0.3 is 0 Å². The second-order valence-corrected chi connectivity index (χ2v) is 9.10. The highest BCUT2D eigenvalue weighted by Gasteiger charge is 2.43. The molecule has 0 radical (unpaired) electrons. The van der Waals surface area contributed by atoms with Crippen molar-refractivity contribution in [3.05, 3.63) is 30.3 Å². The fourth-order valence-corrected chi connectivity index (χ4v) is 4.75. The number of hydrogen-bond donors (Lipinski definition) is 2. The Kier molecular flexibility index (Phi) is 9.73. The van der Waals surface area contributed by atoms with Gasteiger partial charge in [0.1, 0.15) is 0 Å². The molecule has 0 aromatic heterocycles. The molecule has 1 aromatic rings. The molecule has 1 aliphatic heterocycles. The van der Waals surface area contributed by atoms with Crippen molar-refractivity contribution in [3.8, 4) is 0 Å². The number of rotatable bonds is 8. The Bertz CT molecular complexity index is 569. The smallest absolute Gasteiger partial charge is 0.191 e. The Hall–Kier alpha value is -0.470. The summed E-state index contributed by atoms with van der Waals surface area (Å²) in [6.07, 6.45) is 6.22. The van der Waals surface area contributed by atoms with Crippen LogP contribution in [0.15, 0.2) is 40.2 Å². The van der Waals surface area contributed by atoms with E-state index in [0.29, 0.717) is 10.8 Å². The van der Waals surface area contributed by atoms with Crippen LogP contribution in [0.5, 0.6) is 0 Å². The van der Waals surface area contributed by atoms with Gasteiger partial charge in [0.25, 0.3) is 0 Å². The van der Waals surface area contributed by atoms with Gasteiger partial charge in [0.05, 0.1) is 6.54 Å². The van der Waals surface area contributed by atoms with E-state index in [1.54, 1.807) is 0 Å². The van der Waals surface area contributed by atoms with E-state index in [-0.39, 0.29) is 24.0 Å². The number of piperidine rings is 1. The highest BCUT2D eigenvalue weighted by molar-refractivity contribution is 14.0. The Morgan fingerprint density at radius 3 is 2.48 bits per heavy atom. The van der Waals surface area contributed by atoms with Gasteiger partial charge in [-0.2, -0.15) is 0 Å². The molecule has 2 aliphatic rings. The van der Waals surface area contributed by atoms with E-state index in [1.165, 1.54) is 56.6 Å². The predicted octanol–water partition coefficient (Wildman–Crippen LogP) is 4.36. The quantitative estimate of drug-likeness (QED) is 0.315. The number of nitrogens with one attached hydrogen (secondary N) is 2. The minimum Gasteiger partial charge on any atom is -0.357 e. The van der Waals surface area contributed by atoms with Gasteiger partial charge in [0.15, 0.2) is 5.96 Å². The zero-order chi connectivity index (χ0) is 18.2. The number of thioether (sulfide) groups is 1. The Morgan fingerprint density at radius 2 is 1.89 bits per heavy atom. The number of halogens is 1. The van der Waals surface area contributed by atoms with Crippen LogP contribution in [0.1, 0.15) is 46.0 Å². The summed E-state index contributed by atoms with van der Waals surface area (Å²) in [5.41, 5.74) is 0. The molecule has 0 amide bonds. The first-order valence-electron chi connectivity index (χ1n) is 10.2. The van der Waals surface area contributed by atoms with Crippen LogP contribution >= 0.6 is 35.7 Å². The summed E-state index contributed by atoms with van der Waals surface area (Å²) < 4.78 is 0.314. The highest BCUT2D eigenvalue weighted by atomic mass is 127. The average molecular weight is 503 g/mol. The minimum absolute atomic E-state index is 0. The molecule has 0 atom stereocenters. The lowest BCUT2D eigenvalue weighted by molar-refractivity contribution is 0.206. The molecule has 0 unspecified atom stereocenters. The van der Waals surface area contributed by atoms with Crippen molar-refractivity contribution >= 4 is 41.7 Å². The summed E-state index contributed by atoms with van der Waals surface area (Å²) in [5.74, 6) is 1.00. The summed E-state index contributed by atoms with van der Waals surface area (Å²) >= 11 is 2.00. The molecule has 4 nitrogen and oxygen atoms in total. The Morgan fingerprint density at radius 1 is 1.19 bits per heavy atom. The third kappa shape index (κ3) is 7.46. The standard InChI is InChI=1S/C21H34N4S.HI/c1-3-14-25-15-10-18(11-16-25)24-20(22-4-2)23-17-21(12-13-21)26-19-8-6-5-7-9-19;/h5-9,18H,3-4,10-17H2,1-2H3,(H2,22,23,24);1H. The molecule has 0 bridgehead atoms. The maximum atomic E-state index is 4.95. The van der Waals surface area contributed by atoms with Crippen LogP contribution < -0.4 is 10.6 Å². The molecule has 1 aliphatic carbocycles. The van der Waals surface area contributed by atoms with Crippen LogP contribution in [0.25, 0.3) is 0 Å². The van der Waals surface area contributed by atoms with E-state index in [1.807, 2.05) is 11.8 Å². The third-order valence-corrected chi connectivity index (χ3v) is 6.70. The summed E-state index contributed by atoms with van der Waals surface area (Å²) in [6, 6.07) is 11.3. The first kappa shape index (κ1) is 22.8. The van der Waals surface area contributed by atoms with Crippen LogP contribution in [0.3, 0.4) is 0 Å². The number of nitrogens with zero attached hydrogens (tertiary/aromatic N) is 2. The van der Waals surface area contributed by atoms with Crippen molar-refractivity contribution in [1.82, 2.24) is 15.5 Å². The molecule has 152 valence electrons. The van der Waals surface area contributed by atoms with E-state index < -0.39 is 0 Å². The molecular weight excluding hydrogens is 467 g/mol. The maximum absolute atomic E-state index is 4.95. The van der Waals surface area contributed by atoms with Gasteiger partial charge in [-0.1, -0.05) is 25.1 Å². The molecule has 2 N–H and O–H groups in total. The van der Waals surface area contributed by atoms with Crippen molar-refractivity contribution in [3.63, 3.8) is 0 Å². The molecule has 1 aromatic carbocycles. The molecule has 3 rings (SSSR count). The van der Waals surface area contributed by atoms with Crippen LogP contribution in [-0.2, 0) is 0 Å². The molecule has 2 fully saturated rings. The van der Waals surface area contributed by atoms with E-state index in [9.17, 15) is 0 Å². The largest absolute Gasteiger partial charge is 0.357 e. The zero-order valence-corrected chi connectivity index (χ0v) is 19.9. The maximum Gasteiger partial charge on any atom is 0.191 e. The molecular formula is C21H35IN4S. The van der Waals surface area contributed by atoms with Crippen molar-refractivity contribution in [2.24, 2.45) is 4.99 Å².